The van der Waals surface area contributed by atoms with E-state index in [2.05, 4.69) is 10.6 Å². The van der Waals surface area contributed by atoms with Gasteiger partial charge in [0.05, 0.1) is 12.3 Å². The summed E-state index contributed by atoms with van der Waals surface area (Å²) in [6.45, 7) is 2.89. The summed E-state index contributed by atoms with van der Waals surface area (Å²) in [4.78, 5) is 12.4. The van der Waals surface area contributed by atoms with E-state index in [1.807, 2.05) is 37.3 Å². The van der Waals surface area contributed by atoms with Crippen LogP contribution in [0.3, 0.4) is 0 Å². The summed E-state index contributed by atoms with van der Waals surface area (Å²) in [5, 5.41) is 6.33. The van der Waals surface area contributed by atoms with Gasteiger partial charge in [-0.2, -0.15) is 0 Å². The number of fused-ring (bicyclic) bond motifs is 1. The van der Waals surface area contributed by atoms with E-state index in [-0.39, 0.29) is 11.9 Å². The van der Waals surface area contributed by atoms with Gasteiger partial charge in [0, 0.05) is 17.8 Å². The molecule has 0 aliphatic carbocycles. The van der Waals surface area contributed by atoms with E-state index in [0.29, 0.717) is 0 Å². The van der Waals surface area contributed by atoms with E-state index >= 15 is 0 Å². The maximum atomic E-state index is 12.4. The maximum Gasteiger partial charge on any atom is 0.252 e. The Kier molecular flexibility index (Phi) is 3.46. The van der Waals surface area contributed by atoms with Crippen molar-refractivity contribution in [3.63, 3.8) is 0 Å². The van der Waals surface area contributed by atoms with Crippen molar-refractivity contribution in [2.45, 2.75) is 25.8 Å². The van der Waals surface area contributed by atoms with Crippen LogP contribution in [0.1, 0.15) is 41.1 Å². The highest BCUT2D eigenvalue weighted by molar-refractivity contribution is 5.97. The lowest BCUT2D eigenvalue weighted by molar-refractivity contribution is 0.0934. The smallest absolute Gasteiger partial charge is 0.252 e. The molecule has 3 rings (SSSR count). The Labute approximate surface area is 118 Å². The Morgan fingerprint density at radius 3 is 3.05 bits per heavy atom. The number of carbonyl (C=O) groups excluding carboxylic acids is 1. The van der Waals surface area contributed by atoms with Crippen molar-refractivity contribution in [2.75, 3.05) is 11.9 Å². The van der Waals surface area contributed by atoms with Gasteiger partial charge in [0.2, 0.25) is 0 Å². The van der Waals surface area contributed by atoms with Crippen LogP contribution in [0.5, 0.6) is 0 Å². The zero-order chi connectivity index (χ0) is 13.9. The lowest BCUT2D eigenvalue weighted by Crippen LogP contribution is -2.28. The van der Waals surface area contributed by atoms with Gasteiger partial charge in [-0.05, 0) is 49.6 Å². The molecule has 4 heteroatoms. The SMILES string of the molecule is C[C@H](NC(=O)c1cccc2c1CCCN2)c1ccco1. The van der Waals surface area contributed by atoms with Crippen LogP contribution in [0.2, 0.25) is 0 Å². The van der Waals surface area contributed by atoms with Gasteiger partial charge >= 0.3 is 0 Å². The van der Waals surface area contributed by atoms with Crippen molar-refractivity contribution in [3.05, 3.63) is 53.5 Å². The number of hydrogen-bond donors (Lipinski definition) is 2. The molecule has 0 radical (unpaired) electrons. The standard InChI is InChI=1S/C16H18N2O2/c1-11(15-8-4-10-20-15)18-16(19)13-5-2-7-14-12(13)6-3-9-17-14/h2,4-5,7-8,10-11,17H,3,6,9H2,1H3,(H,18,19)/t11-/m0/s1. The van der Waals surface area contributed by atoms with E-state index < -0.39 is 0 Å². The van der Waals surface area contributed by atoms with Gasteiger partial charge in [-0.15, -0.1) is 0 Å². The molecule has 1 atom stereocenters. The number of hydrogen-bond acceptors (Lipinski definition) is 3. The van der Waals surface area contributed by atoms with Crippen molar-refractivity contribution in [1.82, 2.24) is 5.32 Å². The maximum absolute atomic E-state index is 12.4. The minimum Gasteiger partial charge on any atom is -0.467 e. The number of rotatable bonds is 3. The summed E-state index contributed by atoms with van der Waals surface area (Å²) >= 11 is 0. The molecule has 1 aromatic carbocycles. The fourth-order valence-electron chi connectivity index (χ4n) is 2.61. The molecule has 2 heterocycles. The third kappa shape index (κ3) is 2.41. The molecule has 1 amide bonds. The van der Waals surface area contributed by atoms with Crippen LogP contribution in [0.15, 0.2) is 41.0 Å². The highest BCUT2D eigenvalue weighted by Gasteiger charge is 2.19. The highest BCUT2D eigenvalue weighted by atomic mass is 16.3. The van der Waals surface area contributed by atoms with Crippen molar-refractivity contribution < 1.29 is 9.21 Å². The monoisotopic (exact) mass is 270 g/mol. The molecule has 1 aliphatic heterocycles. The van der Waals surface area contributed by atoms with Crippen molar-refractivity contribution in [2.24, 2.45) is 0 Å². The fraction of sp³-hybridized carbons (Fsp3) is 0.312. The van der Waals surface area contributed by atoms with Gasteiger partial charge < -0.3 is 15.1 Å². The Morgan fingerprint density at radius 1 is 1.35 bits per heavy atom. The molecule has 0 saturated heterocycles. The third-order valence-electron chi connectivity index (χ3n) is 3.66. The first-order valence-electron chi connectivity index (χ1n) is 6.96. The first-order valence-corrected chi connectivity index (χ1v) is 6.96. The average Bonchev–Trinajstić information content (AvgIpc) is 3.01. The lowest BCUT2D eigenvalue weighted by Gasteiger charge is -2.21. The Morgan fingerprint density at radius 2 is 2.25 bits per heavy atom. The number of carbonyl (C=O) groups is 1. The van der Waals surface area contributed by atoms with E-state index in [1.165, 1.54) is 0 Å². The molecule has 1 aliphatic rings. The van der Waals surface area contributed by atoms with Crippen molar-refractivity contribution in [1.29, 1.82) is 0 Å². The van der Waals surface area contributed by atoms with Crippen molar-refractivity contribution in [3.8, 4) is 0 Å². The number of amides is 1. The lowest BCUT2D eigenvalue weighted by atomic mass is 9.97. The van der Waals surface area contributed by atoms with Gasteiger partial charge in [0.15, 0.2) is 0 Å². The molecular weight excluding hydrogens is 252 g/mol. The van der Waals surface area contributed by atoms with E-state index in [1.54, 1.807) is 6.26 Å². The minimum atomic E-state index is -0.134. The highest BCUT2D eigenvalue weighted by Crippen LogP contribution is 2.25. The molecule has 2 aromatic rings. The molecule has 0 bridgehead atoms. The number of furan rings is 1. The van der Waals surface area contributed by atoms with Gasteiger partial charge in [-0.25, -0.2) is 0 Å². The summed E-state index contributed by atoms with van der Waals surface area (Å²) in [5.41, 5.74) is 2.95. The molecule has 0 fully saturated rings. The summed E-state index contributed by atoms with van der Waals surface area (Å²) in [7, 11) is 0. The molecule has 4 nitrogen and oxygen atoms in total. The Bertz CT molecular complexity index is 605. The Balaban J connectivity index is 1.81. The summed E-state index contributed by atoms with van der Waals surface area (Å²) < 4.78 is 5.32. The van der Waals surface area contributed by atoms with Gasteiger partial charge in [0.1, 0.15) is 5.76 Å². The van der Waals surface area contributed by atoms with E-state index in [4.69, 9.17) is 4.42 Å². The zero-order valence-electron chi connectivity index (χ0n) is 11.5. The first kappa shape index (κ1) is 12.8. The van der Waals surface area contributed by atoms with Crippen LogP contribution < -0.4 is 10.6 Å². The molecule has 104 valence electrons. The predicted octanol–water partition coefficient (Wildman–Crippen LogP) is 3.13. The van der Waals surface area contributed by atoms with Crippen LogP contribution in [0.4, 0.5) is 5.69 Å². The second-order valence-electron chi connectivity index (χ2n) is 5.07. The molecule has 1 aromatic heterocycles. The van der Waals surface area contributed by atoms with Crippen LogP contribution in [0, 0.1) is 0 Å². The second-order valence-corrected chi connectivity index (χ2v) is 5.07. The number of nitrogens with one attached hydrogen (secondary N) is 2. The van der Waals surface area contributed by atoms with Gasteiger partial charge in [-0.1, -0.05) is 6.07 Å². The normalized spacial score (nSPS) is 15.1. The molecule has 0 unspecified atom stereocenters. The summed E-state index contributed by atoms with van der Waals surface area (Å²) in [6, 6.07) is 9.39. The second kappa shape index (κ2) is 5.41. The molecule has 0 saturated carbocycles. The van der Waals surface area contributed by atoms with Crippen LogP contribution >= 0.6 is 0 Å². The molecule has 0 spiro atoms. The largest absolute Gasteiger partial charge is 0.467 e. The van der Waals surface area contributed by atoms with Crippen molar-refractivity contribution >= 4 is 11.6 Å². The van der Waals surface area contributed by atoms with Crippen LogP contribution in [-0.2, 0) is 6.42 Å². The van der Waals surface area contributed by atoms with Gasteiger partial charge in [0.25, 0.3) is 5.91 Å². The first-order chi connectivity index (χ1) is 9.75. The topological polar surface area (TPSA) is 54.3 Å². The number of benzene rings is 1. The molecular formula is C16H18N2O2. The van der Waals surface area contributed by atoms with Crippen LogP contribution in [0.25, 0.3) is 0 Å². The zero-order valence-corrected chi connectivity index (χ0v) is 11.5. The average molecular weight is 270 g/mol. The Hall–Kier alpha value is -2.23. The fourth-order valence-corrected chi connectivity index (χ4v) is 2.61. The quantitative estimate of drug-likeness (QED) is 0.901. The van der Waals surface area contributed by atoms with E-state index in [0.717, 1.165) is 42.0 Å². The summed E-state index contributed by atoms with van der Waals surface area (Å²) in [5.74, 6) is 0.718. The third-order valence-corrected chi connectivity index (χ3v) is 3.66. The van der Waals surface area contributed by atoms with Gasteiger partial charge in [-0.3, -0.25) is 4.79 Å². The number of anilines is 1. The minimum absolute atomic E-state index is 0.0468. The van der Waals surface area contributed by atoms with E-state index in [9.17, 15) is 4.79 Å². The summed E-state index contributed by atoms with van der Waals surface area (Å²) in [6.07, 6.45) is 3.62. The molecule has 2 N–H and O–H groups in total. The molecule has 20 heavy (non-hydrogen) atoms. The predicted molar refractivity (Wildman–Crippen MR) is 77.8 cm³/mol. The van der Waals surface area contributed by atoms with Crippen LogP contribution in [-0.4, -0.2) is 12.5 Å².